The zero-order valence-electron chi connectivity index (χ0n) is 25.2. The van der Waals surface area contributed by atoms with Crippen molar-refractivity contribution in [1.82, 2.24) is 9.97 Å². The summed E-state index contributed by atoms with van der Waals surface area (Å²) in [5.74, 6) is -5.79. The van der Waals surface area contributed by atoms with Crippen molar-refractivity contribution in [3.05, 3.63) is 107 Å². The summed E-state index contributed by atoms with van der Waals surface area (Å²) in [6.07, 6.45) is 10.4. The number of alkyl halides is 2. The minimum absolute atomic E-state index is 0.152. The summed E-state index contributed by atoms with van der Waals surface area (Å²) in [5.41, 5.74) is 0.611. The summed E-state index contributed by atoms with van der Waals surface area (Å²) >= 11 is 0. The fourth-order valence-corrected chi connectivity index (χ4v) is 5.85. The lowest BCUT2D eigenvalue weighted by Crippen LogP contribution is -2.21. The molecule has 0 aliphatic heterocycles. The second-order valence-electron chi connectivity index (χ2n) is 11.7. The van der Waals surface area contributed by atoms with Crippen LogP contribution in [0.2, 0.25) is 0 Å². The van der Waals surface area contributed by atoms with Crippen LogP contribution in [0.25, 0.3) is 28.6 Å². The van der Waals surface area contributed by atoms with Gasteiger partial charge in [0.2, 0.25) is 0 Å². The topological polar surface area (TPSA) is 35.0 Å². The van der Waals surface area contributed by atoms with Gasteiger partial charge in [-0.2, -0.15) is 8.78 Å². The Balaban J connectivity index is 1.20. The van der Waals surface area contributed by atoms with E-state index in [1.54, 1.807) is 12.4 Å². The van der Waals surface area contributed by atoms with E-state index in [2.05, 4.69) is 21.6 Å². The molecule has 0 spiro atoms. The smallest absolute Gasteiger partial charge is 0.419 e. The van der Waals surface area contributed by atoms with Gasteiger partial charge in [0.25, 0.3) is 0 Å². The number of unbranched alkanes of at least 4 members (excludes halogenated alkanes) is 2. The zero-order valence-corrected chi connectivity index (χ0v) is 25.2. The van der Waals surface area contributed by atoms with Gasteiger partial charge in [-0.05, 0) is 85.1 Å². The quantitative estimate of drug-likeness (QED) is 0.0928. The van der Waals surface area contributed by atoms with Crippen molar-refractivity contribution in [2.45, 2.75) is 70.3 Å². The number of benzene rings is 3. The first kappa shape index (κ1) is 33.2. The predicted molar refractivity (Wildman–Crippen MR) is 163 cm³/mol. The molecule has 1 aliphatic rings. The number of ether oxygens (including phenoxy) is 1. The van der Waals surface area contributed by atoms with Crippen LogP contribution >= 0.6 is 0 Å². The van der Waals surface area contributed by atoms with Gasteiger partial charge in [0.1, 0.15) is 17.4 Å². The Labute approximate surface area is 263 Å². The lowest BCUT2D eigenvalue weighted by molar-refractivity contribution is -0.131. The summed E-state index contributed by atoms with van der Waals surface area (Å²) in [6, 6.07) is 7.66. The van der Waals surface area contributed by atoms with Crippen LogP contribution in [-0.2, 0) is 0 Å². The molecule has 1 saturated carbocycles. The van der Waals surface area contributed by atoms with E-state index in [1.165, 1.54) is 50.7 Å². The molecule has 0 radical (unpaired) electrons. The third kappa shape index (κ3) is 8.13. The average Bonchev–Trinajstić information content (AvgIpc) is 3.03. The molecule has 242 valence electrons. The zero-order chi connectivity index (χ0) is 32.8. The van der Waals surface area contributed by atoms with Gasteiger partial charge in [0, 0.05) is 41.2 Å². The molecule has 10 heteroatoms. The van der Waals surface area contributed by atoms with Gasteiger partial charge in [-0.25, -0.2) is 31.9 Å². The van der Waals surface area contributed by atoms with Crippen molar-refractivity contribution in [3.8, 4) is 28.3 Å². The number of hydrogen-bond donors (Lipinski definition) is 0. The lowest BCUT2D eigenvalue weighted by Gasteiger charge is -2.28. The van der Waals surface area contributed by atoms with E-state index >= 15 is 0 Å². The molecule has 1 aliphatic carbocycles. The molecule has 3 nitrogen and oxygen atoms in total. The first-order chi connectivity index (χ1) is 22.0. The van der Waals surface area contributed by atoms with Crippen molar-refractivity contribution < 1.29 is 35.5 Å². The largest absolute Gasteiger partial charge is 0.429 e. The van der Waals surface area contributed by atoms with E-state index in [0.717, 1.165) is 48.6 Å². The van der Waals surface area contributed by atoms with Gasteiger partial charge < -0.3 is 4.74 Å². The summed E-state index contributed by atoms with van der Waals surface area (Å²) in [7, 11) is 0. The van der Waals surface area contributed by atoms with E-state index in [0.29, 0.717) is 41.6 Å². The second kappa shape index (κ2) is 14.5. The Bertz CT molecular complexity index is 1660. The summed E-state index contributed by atoms with van der Waals surface area (Å²) in [5, 5.41) is 0. The lowest BCUT2D eigenvalue weighted by atomic mass is 9.77. The Morgan fingerprint density at radius 1 is 0.783 bits per heavy atom. The van der Waals surface area contributed by atoms with Gasteiger partial charge >= 0.3 is 6.11 Å². The van der Waals surface area contributed by atoms with Crippen LogP contribution in [0.1, 0.15) is 75.3 Å². The van der Waals surface area contributed by atoms with Gasteiger partial charge in [-0.3, -0.25) is 0 Å². The molecule has 4 aromatic rings. The molecular formula is C36H33F7N2O. The normalized spacial score (nSPS) is 17.0. The van der Waals surface area contributed by atoms with Crippen LogP contribution in [-0.4, -0.2) is 16.1 Å². The van der Waals surface area contributed by atoms with Gasteiger partial charge in [0.15, 0.2) is 23.3 Å². The first-order valence-electron chi connectivity index (χ1n) is 15.4. The maximum Gasteiger partial charge on any atom is 0.419 e. The first-order valence-corrected chi connectivity index (χ1v) is 15.4. The highest BCUT2D eigenvalue weighted by Gasteiger charge is 2.29. The number of halogens is 7. The molecule has 5 rings (SSSR count). The minimum atomic E-state index is -3.97. The fourth-order valence-electron chi connectivity index (χ4n) is 5.85. The van der Waals surface area contributed by atoms with Crippen LogP contribution in [0.15, 0.2) is 67.0 Å². The fraction of sp³-hybridized carbons (Fsp3) is 0.333. The van der Waals surface area contributed by atoms with Crippen molar-refractivity contribution in [3.63, 3.8) is 0 Å². The van der Waals surface area contributed by atoms with Crippen LogP contribution < -0.4 is 4.74 Å². The molecule has 0 bridgehead atoms. The predicted octanol–water partition coefficient (Wildman–Crippen LogP) is 11.0. The third-order valence-electron chi connectivity index (χ3n) is 8.41. The average molecular weight is 643 g/mol. The van der Waals surface area contributed by atoms with Crippen LogP contribution in [0.5, 0.6) is 5.75 Å². The van der Waals surface area contributed by atoms with E-state index in [-0.39, 0.29) is 16.7 Å². The second-order valence-corrected chi connectivity index (χ2v) is 11.7. The maximum absolute atomic E-state index is 14.9. The van der Waals surface area contributed by atoms with Gasteiger partial charge in [-0.15, -0.1) is 0 Å². The van der Waals surface area contributed by atoms with E-state index in [4.69, 9.17) is 0 Å². The molecule has 0 amide bonds. The third-order valence-corrected chi connectivity index (χ3v) is 8.41. The summed E-state index contributed by atoms with van der Waals surface area (Å²) in [4.78, 5) is 8.86. The van der Waals surface area contributed by atoms with Gasteiger partial charge in [-0.1, -0.05) is 44.7 Å². The Morgan fingerprint density at radius 3 is 2.09 bits per heavy atom. The number of nitrogens with zero attached hydrogens (tertiary/aromatic N) is 2. The van der Waals surface area contributed by atoms with Crippen molar-refractivity contribution >= 4 is 6.08 Å². The number of rotatable bonds is 11. The summed E-state index contributed by atoms with van der Waals surface area (Å²) in [6.45, 7) is 2.21. The molecule has 0 saturated heterocycles. The SMILES string of the molecule is CCCCCC1CCC(c2cnc(-c3ccc(/C=C/C(F)(F)Oc4ccc(-c5cc(F)c(F)c(F)c5)c(F)c4)c(F)c3)nc2)CC1. The van der Waals surface area contributed by atoms with Crippen molar-refractivity contribution in [1.29, 1.82) is 0 Å². The Morgan fingerprint density at radius 2 is 1.46 bits per heavy atom. The van der Waals surface area contributed by atoms with Gasteiger partial charge in [0.05, 0.1) is 0 Å². The maximum atomic E-state index is 14.9. The number of aromatic nitrogens is 2. The van der Waals surface area contributed by atoms with Crippen LogP contribution in [0.3, 0.4) is 0 Å². The highest BCUT2D eigenvalue weighted by atomic mass is 19.3. The minimum Gasteiger partial charge on any atom is -0.429 e. The van der Waals surface area contributed by atoms with Crippen LogP contribution in [0, 0.1) is 35.0 Å². The molecule has 0 N–H and O–H groups in total. The standard InChI is InChI=1S/C36H33F7N2O/c1-2-3-4-5-22-6-8-23(9-7-22)27-20-44-35(45-21-27)25-11-10-24(30(37)16-25)14-15-36(42,43)46-28-12-13-29(31(38)19-28)26-17-32(39)34(41)33(40)18-26/h10-23H,2-9H2,1H3/b15-14+. The summed E-state index contributed by atoms with van der Waals surface area (Å²) < 4.78 is 103. The number of hydrogen-bond acceptors (Lipinski definition) is 3. The molecule has 46 heavy (non-hydrogen) atoms. The van der Waals surface area contributed by atoms with E-state index < -0.39 is 40.9 Å². The van der Waals surface area contributed by atoms with Crippen LogP contribution in [0.4, 0.5) is 30.7 Å². The molecule has 1 aromatic heterocycles. The Hall–Kier alpha value is -4.21. The highest BCUT2D eigenvalue weighted by Crippen LogP contribution is 2.38. The van der Waals surface area contributed by atoms with Crippen molar-refractivity contribution in [2.24, 2.45) is 5.92 Å². The monoisotopic (exact) mass is 642 g/mol. The molecule has 1 heterocycles. The molecule has 3 aromatic carbocycles. The molecular weight excluding hydrogens is 609 g/mol. The molecule has 0 unspecified atom stereocenters. The molecule has 0 atom stereocenters. The Kier molecular flexibility index (Phi) is 10.4. The van der Waals surface area contributed by atoms with E-state index in [9.17, 15) is 30.7 Å². The van der Waals surface area contributed by atoms with Crippen molar-refractivity contribution in [2.75, 3.05) is 0 Å². The highest BCUT2D eigenvalue weighted by molar-refractivity contribution is 5.65. The molecule has 1 fully saturated rings. The van der Waals surface area contributed by atoms with E-state index in [1.807, 2.05) is 0 Å².